The van der Waals surface area contributed by atoms with Gasteiger partial charge < -0.3 is 14.2 Å². The van der Waals surface area contributed by atoms with E-state index < -0.39 is 0 Å². The van der Waals surface area contributed by atoms with E-state index in [-0.39, 0.29) is 5.91 Å². The van der Waals surface area contributed by atoms with Crippen LogP contribution in [0.2, 0.25) is 0 Å². The van der Waals surface area contributed by atoms with E-state index in [0.717, 1.165) is 61.0 Å². The Bertz CT molecular complexity index is 1090. The summed E-state index contributed by atoms with van der Waals surface area (Å²) in [6.07, 6.45) is 1.76. The fourth-order valence-electron chi connectivity index (χ4n) is 4.08. The van der Waals surface area contributed by atoms with E-state index in [0.29, 0.717) is 23.6 Å². The molecule has 0 atom stereocenters. The number of aryl methyl sites for hydroxylation is 1. The maximum atomic E-state index is 13.7. The van der Waals surface area contributed by atoms with Crippen molar-refractivity contribution in [2.24, 2.45) is 0 Å². The Morgan fingerprint density at radius 3 is 2.67 bits per heavy atom. The molecule has 0 unspecified atom stereocenters. The number of aromatic nitrogens is 1. The molecule has 4 rings (SSSR count). The molecule has 3 aromatic rings. The number of morpholine rings is 1. The molecule has 0 spiro atoms. The largest absolute Gasteiger partial charge is 0.493 e. The van der Waals surface area contributed by atoms with E-state index in [4.69, 9.17) is 19.2 Å². The number of carbonyl (C=O) groups excluding carboxylic acids is 1. The minimum Gasteiger partial charge on any atom is -0.493 e. The fraction of sp³-hybridized carbons (Fsp3) is 0.440. The first-order chi connectivity index (χ1) is 16.1. The average Bonchev–Trinajstić information content (AvgIpc) is 3.30. The molecule has 7 nitrogen and oxygen atoms in total. The van der Waals surface area contributed by atoms with Crippen LogP contribution in [0.5, 0.6) is 11.5 Å². The molecule has 176 valence electrons. The molecule has 1 aliphatic rings. The third-order valence-corrected chi connectivity index (χ3v) is 6.98. The molecule has 0 radical (unpaired) electrons. The van der Waals surface area contributed by atoms with E-state index in [1.807, 2.05) is 4.90 Å². The summed E-state index contributed by atoms with van der Waals surface area (Å²) in [5.41, 5.74) is 2.73. The zero-order valence-electron chi connectivity index (χ0n) is 19.5. The first-order valence-electron chi connectivity index (χ1n) is 11.4. The second kappa shape index (κ2) is 11.0. The maximum absolute atomic E-state index is 13.7. The van der Waals surface area contributed by atoms with Crippen LogP contribution in [0.4, 0.5) is 5.13 Å². The van der Waals surface area contributed by atoms with E-state index >= 15 is 0 Å². The highest BCUT2D eigenvalue weighted by atomic mass is 32.1. The summed E-state index contributed by atoms with van der Waals surface area (Å²) in [4.78, 5) is 22.8. The van der Waals surface area contributed by atoms with E-state index in [9.17, 15) is 4.79 Å². The van der Waals surface area contributed by atoms with Crippen molar-refractivity contribution in [3.63, 3.8) is 0 Å². The number of fused-ring (bicyclic) bond motifs is 1. The van der Waals surface area contributed by atoms with Gasteiger partial charge in [-0.1, -0.05) is 30.4 Å². The van der Waals surface area contributed by atoms with E-state index in [1.54, 1.807) is 43.8 Å². The summed E-state index contributed by atoms with van der Waals surface area (Å²) in [7, 11) is 3.16. The van der Waals surface area contributed by atoms with Crippen molar-refractivity contribution in [1.29, 1.82) is 0 Å². The molecule has 8 heteroatoms. The van der Waals surface area contributed by atoms with Crippen molar-refractivity contribution in [2.75, 3.05) is 58.5 Å². The smallest absolute Gasteiger partial charge is 0.260 e. The third-order valence-electron chi connectivity index (χ3n) is 5.94. The Kier molecular flexibility index (Phi) is 7.80. The Balaban J connectivity index is 1.62. The van der Waals surface area contributed by atoms with Crippen LogP contribution < -0.4 is 14.4 Å². The zero-order chi connectivity index (χ0) is 23.2. The molecule has 1 aromatic heterocycles. The first kappa shape index (κ1) is 23.5. The van der Waals surface area contributed by atoms with Gasteiger partial charge in [0.25, 0.3) is 5.91 Å². The number of ether oxygens (including phenoxy) is 3. The number of carbonyl (C=O) groups is 1. The van der Waals surface area contributed by atoms with Gasteiger partial charge in [0.2, 0.25) is 0 Å². The highest BCUT2D eigenvalue weighted by Gasteiger charge is 2.23. The number of anilines is 1. The van der Waals surface area contributed by atoms with Crippen LogP contribution in [0.3, 0.4) is 0 Å². The molecule has 0 N–H and O–H groups in total. The molecule has 1 aliphatic heterocycles. The van der Waals surface area contributed by atoms with Gasteiger partial charge in [-0.25, -0.2) is 4.98 Å². The summed E-state index contributed by atoms with van der Waals surface area (Å²) in [5, 5.41) is 0.729. The van der Waals surface area contributed by atoms with Gasteiger partial charge in [0, 0.05) is 31.7 Å². The van der Waals surface area contributed by atoms with Crippen molar-refractivity contribution >= 4 is 32.6 Å². The Labute approximate surface area is 198 Å². The van der Waals surface area contributed by atoms with Gasteiger partial charge in [-0.05, 0) is 42.7 Å². The fourth-order valence-corrected chi connectivity index (χ4v) is 5.12. The minimum atomic E-state index is -0.0879. The van der Waals surface area contributed by atoms with Gasteiger partial charge in [-0.15, -0.1) is 0 Å². The van der Waals surface area contributed by atoms with Crippen molar-refractivity contribution in [2.45, 2.75) is 19.8 Å². The van der Waals surface area contributed by atoms with Crippen molar-refractivity contribution in [3.05, 3.63) is 47.5 Å². The third kappa shape index (κ3) is 5.29. The Morgan fingerprint density at radius 1 is 1.15 bits per heavy atom. The zero-order valence-corrected chi connectivity index (χ0v) is 20.3. The summed E-state index contributed by atoms with van der Waals surface area (Å²) < 4.78 is 17.3. The van der Waals surface area contributed by atoms with E-state index in [2.05, 4.69) is 30.0 Å². The van der Waals surface area contributed by atoms with Crippen LogP contribution in [0.1, 0.15) is 29.3 Å². The number of rotatable bonds is 9. The number of amides is 1. The molecular weight excluding hydrogens is 438 g/mol. The molecular formula is C25H31N3O4S. The molecule has 2 heterocycles. The first-order valence-corrected chi connectivity index (χ1v) is 12.2. The van der Waals surface area contributed by atoms with Crippen LogP contribution in [0.15, 0.2) is 36.4 Å². The average molecular weight is 470 g/mol. The number of hydrogen-bond donors (Lipinski definition) is 0. The Hall–Kier alpha value is -2.68. The van der Waals surface area contributed by atoms with E-state index in [1.165, 1.54) is 5.56 Å². The summed E-state index contributed by atoms with van der Waals surface area (Å²) in [6, 6.07) is 11.5. The molecule has 1 fully saturated rings. The summed E-state index contributed by atoms with van der Waals surface area (Å²) in [5.74, 6) is 1.05. The van der Waals surface area contributed by atoms with Crippen molar-refractivity contribution in [1.82, 2.24) is 9.88 Å². The minimum absolute atomic E-state index is 0.0879. The lowest BCUT2D eigenvalue weighted by molar-refractivity contribution is 0.0376. The second-order valence-corrected chi connectivity index (χ2v) is 8.96. The number of para-hydroxylation sites is 1. The highest BCUT2D eigenvalue weighted by Crippen LogP contribution is 2.33. The number of benzene rings is 2. The SMILES string of the molecule is CCc1cccc2sc(N(CCCN3CCOCC3)C(=O)c3ccc(OC)c(OC)c3)nc12. The molecule has 33 heavy (non-hydrogen) atoms. The lowest BCUT2D eigenvalue weighted by Crippen LogP contribution is -2.39. The van der Waals surface area contributed by atoms with Gasteiger partial charge in [0.15, 0.2) is 16.6 Å². The van der Waals surface area contributed by atoms with Crippen molar-refractivity contribution in [3.8, 4) is 11.5 Å². The standard InChI is InChI=1S/C25H31N3O4S/c1-4-18-7-5-8-22-23(18)26-25(33-22)28(12-6-11-27-13-15-32-16-14-27)24(29)19-9-10-20(30-2)21(17-19)31-3/h5,7-10,17H,4,6,11-16H2,1-3H3. The maximum Gasteiger partial charge on any atom is 0.260 e. The number of nitrogens with zero attached hydrogens (tertiary/aromatic N) is 3. The summed E-state index contributed by atoms with van der Waals surface area (Å²) in [6.45, 7) is 7.05. The van der Waals surface area contributed by atoms with Crippen LogP contribution in [0, 0.1) is 0 Å². The molecule has 1 amide bonds. The monoisotopic (exact) mass is 469 g/mol. The summed E-state index contributed by atoms with van der Waals surface area (Å²) >= 11 is 1.57. The number of methoxy groups -OCH3 is 2. The number of thiazole rings is 1. The second-order valence-electron chi connectivity index (χ2n) is 7.95. The molecule has 2 aromatic carbocycles. The van der Waals surface area contributed by atoms with Gasteiger partial charge in [-0.2, -0.15) is 0 Å². The lowest BCUT2D eigenvalue weighted by Gasteiger charge is -2.27. The van der Waals surface area contributed by atoms with Crippen LogP contribution in [-0.4, -0.2) is 69.4 Å². The molecule has 0 bridgehead atoms. The van der Waals surface area contributed by atoms with Gasteiger partial charge in [-0.3, -0.25) is 14.6 Å². The topological polar surface area (TPSA) is 64.1 Å². The van der Waals surface area contributed by atoms with Crippen LogP contribution in [0.25, 0.3) is 10.2 Å². The van der Waals surface area contributed by atoms with Gasteiger partial charge in [0.05, 0.1) is 37.6 Å². The van der Waals surface area contributed by atoms with Crippen LogP contribution in [-0.2, 0) is 11.2 Å². The molecule has 0 saturated carbocycles. The predicted molar refractivity (Wildman–Crippen MR) is 132 cm³/mol. The van der Waals surface area contributed by atoms with Crippen molar-refractivity contribution < 1.29 is 19.0 Å². The highest BCUT2D eigenvalue weighted by molar-refractivity contribution is 7.22. The quantitative estimate of drug-likeness (QED) is 0.467. The Morgan fingerprint density at radius 2 is 1.94 bits per heavy atom. The van der Waals surface area contributed by atoms with Crippen LogP contribution >= 0.6 is 11.3 Å². The normalized spacial score (nSPS) is 14.4. The van der Waals surface area contributed by atoms with Gasteiger partial charge >= 0.3 is 0 Å². The molecule has 1 saturated heterocycles. The predicted octanol–water partition coefficient (Wildman–Crippen LogP) is 4.25. The van der Waals surface area contributed by atoms with Gasteiger partial charge in [0.1, 0.15) is 0 Å². The lowest BCUT2D eigenvalue weighted by atomic mass is 10.1. The molecule has 0 aliphatic carbocycles. The number of hydrogen-bond acceptors (Lipinski definition) is 7.